The first-order chi connectivity index (χ1) is 6.99. The van der Waals surface area contributed by atoms with E-state index in [2.05, 4.69) is 9.68 Å². The summed E-state index contributed by atoms with van der Waals surface area (Å²) in [6.45, 7) is -0.0738. The van der Waals surface area contributed by atoms with Gasteiger partial charge in [0.1, 0.15) is 12.2 Å². The van der Waals surface area contributed by atoms with Gasteiger partial charge in [0.25, 0.3) is 10.2 Å². The standard InChI is InChI=1S/C5H9N3O7/c9-6-2-1-4(14-7(10)11)5(3-6)15-8(12)13/h4-5,9H,1-3H2. The minimum Gasteiger partial charge on any atom is -0.314 e. The Morgan fingerprint density at radius 3 is 2.27 bits per heavy atom. The zero-order valence-corrected chi connectivity index (χ0v) is 7.51. The first kappa shape index (κ1) is 11.4. The smallest absolute Gasteiger partial charge is 0.294 e. The SMILES string of the molecule is O=[N+]([O-])OC1CCN(O)CC1O[N+](=O)[O-]. The lowest BCUT2D eigenvalue weighted by atomic mass is 10.1. The van der Waals surface area contributed by atoms with Crippen molar-refractivity contribution < 1.29 is 25.1 Å². The van der Waals surface area contributed by atoms with Crippen molar-refractivity contribution in [2.24, 2.45) is 0 Å². The van der Waals surface area contributed by atoms with Gasteiger partial charge in [-0.2, -0.15) is 5.06 Å². The summed E-state index contributed by atoms with van der Waals surface area (Å²) < 4.78 is 0. The molecule has 1 fully saturated rings. The van der Waals surface area contributed by atoms with Crippen molar-refractivity contribution in [1.29, 1.82) is 0 Å². The maximum atomic E-state index is 10.1. The fourth-order valence-corrected chi connectivity index (χ4v) is 1.32. The van der Waals surface area contributed by atoms with Crippen molar-refractivity contribution in [3.63, 3.8) is 0 Å². The molecule has 1 aliphatic heterocycles. The van der Waals surface area contributed by atoms with Crippen LogP contribution >= 0.6 is 0 Å². The van der Waals surface area contributed by atoms with Gasteiger partial charge in [-0.3, -0.25) is 0 Å². The molecule has 0 amide bonds. The maximum absolute atomic E-state index is 10.1. The summed E-state index contributed by atoms with van der Waals surface area (Å²) in [4.78, 5) is 28.5. The Morgan fingerprint density at radius 1 is 1.20 bits per heavy atom. The molecule has 86 valence electrons. The van der Waals surface area contributed by atoms with E-state index < -0.39 is 22.4 Å². The van der Waals surface area contributed by atoms with E-state index in [0.717, 1.165) is 5.06 Å². The summed E-state index contributed by atoms with van der Waals surface area (Å²) >= 11 is 0. The van der Waals surface area contributed by atoms with Gasteiger partial charge in [-0.25, -0.2) is 0 Å². The van der Waals surface area contributed by atoms with Crippen LogP contribution < -0.4 is 0 Å². The summed E-state index contributed by atoms with van der Waals surface area (Å²) in [5, 5.41) is 27.9. The summed E-state index contributed by atoms with van der Waals surface area (Å²) in [6, 6.07) is 0. The molecule has 0 aromatic rings. The van der Waals surface area contributed by atoms with E-state index in [0.29, 0.717) is 0 Å². The van der Waals surface area contributed by atoms with Crippen molar-refractivity contribution in [2.45, 2.75) is 18.6 Å². The Kier molecular flexibility index (Phi) is 3.57. The van der Waals surface area contributed by atoms with Gasteiger partial charge in [0.2, 0.25) is 0 Å². The second-order valence-corrected chi connectivity index (χ2v) is 2.94. The van der Waals surface area contributed by atoms with Crippen LogP contribution in [0.2, 0.25) is 0 Å². The van der Waals surface area contributed by atoms with Crippen molar-refractivity contribution in [1.82, 2.24) is 5.06 Å². The van der Waals surface area contributed by atoms with Gasteiger partial charge < -0.3 is 14.9 Å². The summed E-state index contributed by atoms with van der Waals surface area (Å²) in [6.07, 6.45) is -2.12. The van der Waals surface area contributed by atoms with Crippen LogP contribution in [0.15, 0.2) is 0 Å². The Bertz CT molecular complexity index is 259. The van der Waals surface area contributed by atoms with Gasteiger partial charge in [0.15, 0.2) is 0 Å². The normalized spacial score (nSPS) is 27.0. The molecule has 2 unspecified atom stereocenters. The Hall–Kier alpha value is -1.68. The average molecular weight is 223 g/mol. The van der Waals surface area contributed by atoms with E-state index >= 15 is 0 Å². The molecule has 0 bridgehead atoms. The predicted octanol–water partition coefficient (Wildman–Crippen LogP) is -0.765. The zero-order chi connectivity index (χ0) is 11.4. The van der Waals surface area contributed by atoms with Crippen LogP contribution in [0.4, 0.5) is 0 Å². The molecule has 2 atom stereocenters. The van der Waals surface area contributed by atoms with Crippen molar-refractivity contribution in [2.75, 3.05) is 13.1 Å². The second-order valence-electron chi connectivity index (χ2n) is 2.94. The summed E-state index contributed by atoms with van der Waals surface area (Å²) in [5.41, 5.74) is 0. The highest BCUT2D eigenvalue weighted by Gasteiger charge is 2.34. The minimum absolute atomic E-state index is 0.0794. The minimum atomic E-state index is -1.16. The molecule has 1 N–H and O–H groups in total. The first-order valence-electron chi connectivity index (χ1n) is 4.05. The van der Waals surface area contributed by atoms with Gasteiger partial charge in [-0.15, -0.1) is 20.2 Å². The number of hydroxylamine groups is 2. The van der Waals surface area contributed by atoms with Crippen LogP contribution in [0, 0.1) is 20.2 Å². The largest absolute Gasteiger partial charge is 0.314 e. The van der Waals surface area contributed by atoms with E-state index in [4.69, 9.17) is 5.21 Å². The predicted molar refractivity (Wildman–Crippen MR) is 41.7 cm³/mol. The second kappa shape index (κ2) is 4.70. The molecule has 1 heterocycles. The van der Waals surface area contributed by atoms with Crippen LogP contribution in [-0.2, 0) is 9.68 Å². The number of rotatable bonds is 4. The molecule has 10 heteroatoms. The molecule has 0 aromatic carbocycles. The number of piperidine rings is 1. The van der Waals surface area contributed by atoms with Crippen LogP contribution in [0.3, 0.4) is 0 Å². The molecule has 1 saturated heterocycles. The monoisotopic (exact) mass is 223 g/mol. The number of hydrogen-bond acceptors (Lipinski definition) is 8. The lowest BCUT2D eigenvalue weighted by molar-refractivity contribution is -0.800. The topological polar surface area (TPSA) is 128 Å². The Balaban J connectivity index is 2.57. The van der Waals surface area contributed by atoms with E-state index in [1.807, 2.05) is 0 Å². The average Bonchev–Trinajstić information content (AvgIpc) is 2.08. The van der Waals surface area contributed by atoms with Crippen LogP contribution in [0.5, 0.6) is 0 Å². The molecule has 0 saturated carbocycles. The van der Waals surface area contributed by atoms with Gasteiger partial charge in [0.05, 0.1) is 6.54 Å². The van der Waals surface area contributed by atoms with Crippen LogP contribution in [0.25, 0.3) is 0 Å². The molecular formula is C5H9N3O7. The highest BCUT2D eigenvalue weighted by Crippen LogP contribution is 2.16. The molecule has 15 heavy (non-hydrogen) atoms. The molecule has 0 spiro atoms. The summed E-state index contributed by atoms with van der Waals surface area (Å²) in [7, 11) is 0. The number of nitrogens with zero attached hydrogens (tertiary/aromatic N) is 3. The van der Waals surface area contributed by atoms with Crippen molar-refractivity contribution in [3.8, 4) is 0 Å². The van der Waals surface area contributed by atoms with Crippen LogP contribution in [0.1, 0.15) is 6.42 Å². The highest BCUT2D eigenvalue weighted by molar-refractivity contribution is 4.77. The van der Waals surface area contributed by atoms with Crippen molar-refractivity contribution in [3.05, 3.63) is 20.2 Å². The van der Waals surface area contributed by atoms with Crippen LogP contribution in [-0.4, -0.2) is 45.7 Å². The van der Waals surface area contributed by atoms with E-state index in [1.165, 1.54) is 0 Å². The number of hydrogen-bond donors (Lipinski definition) is 1. The molecule has 0 radical (unpaired) electrons. The van der Waals surface area contributed by atoms with E-state index in [1.54, 1.807) is 0 Å². The lowest BCUT2D eigenvalue weighted by Crippen LogP contribution is -2.49. The lowest BCUT2D eigenvalue weighted by Gasteiger charge is -2.31. The van der Waals surface area contributed by atoms with Gasteiger partial charge >= 0.3 is 0 Å². The van der Waals surface area contributed by atoms with Crippen molar-refractivity contribution >= 4 is 0 Å². The molecule has 1 rings (SSSR count). The quantitative estimate of drug-likeness (QED) is 0.486. The van der Waals surface area contributed by atoms with Gasteiger partial charge in [-0.05, 0) is 6.42 Å². The molecular weight excluding hydrogens is 214 g/mol. The Morgan fingerprint density at radius 2 is 1.73 bits per heavy atom. The maximum Gasteiger partial charge on any atom is 0.294 e. The van der Waals surface area contributed by atoms with E-state index in [-0.39, 0.29) is 19.5 Å². The fraction of sp³-hybridized carbons (Fsp3) is 1.00. The fourth-order valence-electron chi connectivity index (χ4n) is 1.32. The molecule has 10 nitrogen and oxygen atoms in total. The third-order valence-electron chi connectivity index (χ3n) is 1.92. The zero-order valence-electron chi connectivity index (χ0n) is 7.51. The molecule has 0 aliphatic carbocycles. The first-order valence-corrected chi connectivity index (χ1v) is 4.05. The van der Waals surface area contributed by atoms with Gasteiger partial charge in [0, 0.05) is 6.54 Å². The highest BCUT2D eigenvalue weighted by atomic mass is 17.0. The van der Waals surface area contributed by atoms with E-state index in [9.17, 15) is 20.2 Å². The summed E-state index contributed by atoms with van der Waals surface area (Å²) in [5.74, 6) is 0. The molecule has 0 aromatic heterocycles. The third kappa shape index (κ3) is 3.52. The Labute approximate surface area is 83.1 Å². The third-order valence-corrected chi connectivity index (χ3v) is 1.92. The molecule has 1 aliphatic rings. The van der Waals surface area contributed by atoms with Gasteiger partial charge in [-0.1, -0.05) is 0 Å².